The van der Waals surface area contributed by atoms with Gasteiger partial charge in [-0.3, -0.25) is 14.4 Å². The molecule has 48 heavy (non-hydrogen) atoms. The van der Waals surface area contributed by atoms with E-state index in [1.165, 1.54) is 40.1 Å². The van der Waals surface area contributed by atoms with E-state index in [0.29, 0.717) is 23.0 Å². The largest absolute Gasteiger partial charge is 0.507 e. The lowest BCUT2D eigenvalue weighted by Gasteiger charge is -2.38. The van der Waals surface area contributed by atoms with E-state index in [1.54, 1.807) is 25.1 Å². The van der Waals surface area contributed by atoms with E-state index in [4.69, 9.17) is 40.0 Å². The molecule has 2 aliphatic rings. The van der Waals surface area contributed by atoms with Crippen LogP contribution in [0.1, 0.15) is 72.5 Å². The van der Waals surface area contributed by atoms with E-state index < -0.39 is 40.7 Å². The number of carbonyl (C=O) groups is 3. The van der Waals surface area contributed by atoms with Gasteiger partial charge in [0.1, 0.15) is 28.7 Å². The number of methoxy groups -OCH3 is 4. The summed E-state index contributed by atoms with van der Waals surface area (Å²) in [5.41, 5.74) is 0.430. The molecule has 1 spiro atoms. The second-order valence-electron chi connectivity index (χ2n) is 12.2. The third-order valence-electron chi connectivity index (χ3n) is 9.09. The number of carbonyl (C=O) groups excluding carboxylic acids is 3. The van der Waals surface area contributed by atoms with Crippen molar-refractivity contribution >= 4 is 29.1 Å². The number of esters is 1. The number of rotatable bonds is 11. The molecule has 3 aromatic carbocycles. The van der Waals surface area contributed by atoms with Crippen molar-refractivity contribution in [3.05, 3.63) is 87.1 Å². The van der Waals surface area contributed by atoms with Crippen molar-refractivity contribution in [3.63, 3.8) is 0 Å². The van der Waals surface area contributed by atoms with Crippen LogP contribution in [0.4, 0.5) is 0 Å². The van der Waals surface area contributed by atoms with Crippen LogP contribution in [-0.2, 0) is 20.9 Å². The molecule has 0 bridgehead atoms. The standard InChI is InChI=1S/C37H39ClO10/c1-19(2)22-10-8-21(9-11-22)18-47-27-15-23(12-13-26(27)43-4)24(16-30(40)46-7)31-25(39)14-20(3)37(35(31)41)36(42)32-28(44-5)17-29(45-6)33(38)34(32)48-37/h8-13,15,17,19-20,24,41H,14,16,18H2,1-7H3/t20-,24-,37+/m1/s1. The number of ketones is 2. The highest BCUT2D eigenvalue weighted by atomic mass is 35.5. The third kappa shape index (κ3) is 5.94. The summed E-state index contributed by atoms with van der Waals surface area (Å²) in [5.74, 6) is -2.71. The van der Waals surface area contributed by atoms with Gasteiger partial charge in [-0.05, 0) is 34.7 Å². The zero-order valence-electron chi connectivity index (χ0n) is 28.0. The molecule has 0 unspecified atom stereocenters. The number of allylic oxidation sites excluding steroid dienone is 1. The molecule has 3 aromatic rings. The number of halogens is 1. The minimum atomic E-state index is -2.02. The third-order valence-corrected chi connectivity index (χ3v) is 9.45. The predicted octanol–water partition coefficient (Wildman–Crippen LogP) is 7.15. The zero-order valence-corrected chi connectivity index (χ0v) is 28.7. The smallest absolute Gasteiger partial charge is 0.306 e. The van der Waals surface area contributed by atoms with E-state index in [-0.39, 0.29) is 52.9 Å². The maximum atomic E-state index is 14.3. The number of aliphatic hydroxyl groups is 1. The van der Waals surface area contributed by atoms with E-state index in [9.17, 15) is 19.5 Å². The van der Waals surface area contributed by atoms with Crippen molar-refractivity contribution in [2.75, 3.05) is 28.4 Å². The highest BCUT2D eigenvalue weighted by Crippen LogP contribution is 2.56. The molecule has 11 heteroatoms. The Morgan fingerprint density at radius 2 is 1.58 bits per heavy atom. The second kappa shape index (κ2) is 13.8. The van der Waals surface area contributed by atoms with Gasteiger partial charge in [0.05, 0.1) is 34.9 Å². The highest BCUT2D eigenvalue weighted by molar-refractivity contribution is 6.35. The number of fused-ring (bicyclic) bond motifs is 1. The lowest BCUT2D eigenvalue weighted by atomic mass is 9.69. The van der Waals surface area contributed by atoms with Crippen LogP contribution in [0, 0.1) is 5.92 Å². The quantitative estimate of drug-likeness (QED) is 0.209. The number of Topliss-reactive ketones (excluding diaryl/α,β-unsaturated/α-hetero) is 2. The predicted molar refractivity (Wildman–Crippen MR) is 178 cm³/mol. The highest BCUT2D eigenvalue weighted by Gasteiger charge is 2.61. The molecule has 0 aromatic heterocycles. The SMILES string of the molecule is COC(=O)C[C@@H](C1=C(O)[C@@]2(Oc3c(Cl)c(OC)cc(OC)c3C2=O)[C@H](C)CC1=O)c1ccc(OC)c(OCc2ccc(C(C)C)cc2)c1. The lowest BCUT2D eigenvalue weighted by Crippen LogP contribution is -2.53. The number of hydrogen-bond donors (Lipinski definition) is 1. The first-order chi connectivity index (χ1) is 22.9. The van der Waals surface area contributed by atoms with Crippen LogP contribution in [0.5, 0.6) is 28.7 Å². The van der Waals surface area contributed by atoms with Gasteiger partial charge >= 0.3 is 5.97 Å². The average Bonchev–Trinajstić information content (AvgIpc) is 3.40. The second-order valence-corrected chi connectivity index (χ2v) is 12.6. The van der Waals surface area contributed by atoms with E-state index in [2.05, 4.69) is 13.8 Å². The van der Waals surface area contributed by atoms with Crippen LogP contribution in [0.15, 0.2) is 59.9 Å². The monoisotopic (exact) mass is 678 g/mol. The van der Waals surface area contributed by atoms with Crippen LogP contribution in [0.2, 0.25) is 5.02 Å². The van der Waals surface area contributed by atoms with Gasteiger partial charge in [-0.25, -0.2) is 0 Å². The summed E-state index contributed by atoms with van der Waals surface area (Å²) < 4.78 is 33.9. The maximum absolute atomic E-state index is 14.3. The molecular weight excluding hydrogens is 640 g/mol. The molecule has 254 valence electrons. The first-order valence-corrected chi connectivity index (χ1v) is 15.9. The van der Waals surface area contributed by atoms with Crippen LogP contribution in [0.3, 0.4) is 0 Å². The number of ether oxygens (including phenoxy) is 6. The summed E-state index contributed by atoms with van der Waals surface area (Å²) in [4.78, 5) is 41.0. The van der Waals surface area contributed by atoms with Gasteiger partial charge in [-0.1, -0.05) is 62.7 Å². The van der Waals surface area contributed by atoms with Crippen LogP contribution >= 0.6 is 11.6 Å². The van der Waals surface area contributed by atoms with Crippen molar-refractivity contribution in [2.45, 2.75) is 57.7 Å². The summed E-state index contributed by atoms with van der Waals surface area (Å²) in [6.07, 6.45) is -0.493. The Hall–Kier alpha value is -4.70. The summed E-state index contributed by atoms with van der Waals surface area (Å²) in [6, 6.07) is 14.5. The van der Waals surface area contributed by atoms with E-state index in [1.807, 2.05) is 24.3 Å². The molecule has 0 radical (unpaired) electrons. The summed E-state index contributed by atoms with van der Waals surface area (Å²) in [6.45, 7) is 6.10. The molecule has 0 saturated heterocycles. The minimum Gasteiger partial charge on any atom is -0.507 e. The number of aliphatic hydroxyl groups excluding tert-OH is 1. The Morgan fingerprint density at radius 1 is 0.938 bits per heavy atom. The van der Waals surface area contributed by atoms with E-state index in [0.717, 1.165) is 5.56 Å². The number of hydrogen-bond acceptors (Lipinski definition) is 10. The molecule has 1 aliphatic carbocycles. The van der Waals surface area contributed by atoms with Gasteiger partial charge in [0.25, 0.3) is 0 Å². The Morgan fingerprint density at radius 3 is 2.19 bits per heavy atom. The Labute approximate surface area is 284 Å². The molecule has 0 saturated carbocycles. The summed E-state index contributed by atoms with van der Waals surface area (Å²) in [7, 11) is 5.52. The molecule has 1 N–H and O–H groups in total. The van der Waals surface area contributed by atoms with Crippen LogP contribution < -0.4 is 23.7 Å². The van der Waals surface area contributed by atoms with Crippen molar-refractivity contribution in [2.24, 2.45) is 5.92 Å². The molecule has 0 amide bonds. The van der Waals surface area contributed by atoms with Gasteiger partial charge in [0.2, 0.25) is 11.4 Å². The fourth-order valence-electron chi connectivity index (χ4n) is 6.36. The van der Waals surface area contributed by atoms with Crippen molar-refractivity contribution < 1.29 is 47.9 Å². The molecule has 10 nitrogen and oxygen atoms in total. The maximum Gasteiger partial charge on any atom is 0.306 e. The Balaban J connectivity index is 1.61. The zero-order chi connectivity index (χ0) is 34.9. The van der Waals surface area contributed by atoms with Gasteiger partial charge in [-0.15, -0.1) is 0 Å². The fraction of sp³-hybridized carbons (Fsp3) is 0.378. The van der Waals surface area contributed by atoms with Crippen LogP contribution in [-0.4, -0.2) is 56.7 Å². The van der Waals surface area contributed by atoms with Crippen molar-refractivity contribution in [3.8, 4) is 28.7 Å². The van der Waals surface area contributed by atoms with Crippen molar-refractivity contribution in [1.82, 2.24) is 0 Å². The van der Waals surface area contributed by atoms with Gasteiger partial charge in [-0.2, -0.15) is 0 Å². The first-order valence-electron chi connectivity index (χ1n) is 15.5. The molecule has 1 aliphatic heterocycles. The number of benzene rings is 3. The summed E-state index contributed by atoms with van der Waals surface area (Å²) in [5, 5.41) is 12.1. The fourth-order valence-corrected chi connectivity index (χ4v) is 6.62. The van der Waals surface area contributed by atoms with Gasteiger partial charge in [0.15, 0.2) is 28.8 Å². The normalized spacial score (nSPS) is 19.2. The van der Waals surface area contributed by atoms with Gasteiger partial charge in [0, 0.05) is 29.9 Å². The minimum absolute atomic E-state index is 0.0128. The lowest BCUT2D eigenvalue weighted by molar-refractivity contribution is -0.140. The van der Waals surface area contributed by atoms with Gasteiger partial charge < -0.3 is 33.5 Å². The molecule has 5 rings (SSSR count). The molecule has 1 heterocycles. The summed E-state index contributed by atoms with van der Waals surface area (Å²) >= 11 is 6.59. The molecular formula is C37H39ClO10. The Bertz CT molecular complexity index is 1780. The molecule has 3 atom stereocenters. The first kappa shape index (κ1) is 34.6. The topological polar surface area (TPSA) is 127 Å². The van der Waals surface area contributed by atoms with Crippen LogP contribution in [0.25, 0.3) is 0 Å². The molecule has 0 fully saturated rings. The van der Waals surface area contributed by atoms with E-state index >= 15 is 0 Å². The van der Waals surface area contributed by atoms with Crippen molar-refractivity contribution in [1.29, 1.82) is 0 Å². The average molecular weight is 679 g/mol. The Kier molecular flexibility index (Phi) is 9.96.